The Morgan fingerprint density at radius 2 is 2.06 bits per heavy atom. The van der Waals surface area contributed by atoms with Crippen molar-refractivity contribution >= 4 is 0 Å². The van der Waals surface area contributed by atoms with Gasteiger partial charge in [-0.05, 0) is 39.3 Å². The van der Waals surface area contributed by atoms with Crippen molar-refractivity contribution in [3.8, 4) is 0 Å². The summed E-state index contributed by atoms with van der Waals surface area (Å²) in [6.07, 6.45) is 1.72. The predicted molar refractivity (Wildman–Crippen MR) is 63.4 cm³/mol. The molecular formula is C12H21N3O. The summed E-state index contributed by atoms with van der Waals surface area (Å²) < 4.78 is 1.94. The Hall–Kier alpha value is -0.870. The number of β-amino-alcohol motifs (C(OH)–C–C–N with tert-alkyl or cyclic N) is 1. The van der Waals surface area contributed by atoms with Gasteiger partial charge in [0.1, 0.15) is 0 Å². The summed E-state index contributed by atoms with van der Waals surface area (Å²) in [4.78, 5) is 2.25. The van der Waals surface area contributed by atoms with Crippen molar-refractivity contribution in [2.24, 2.45) is 7.05 Å². The van der Waals surface area contributed by atoms with Crippen LogP contribution >= 0.6 is 0 Å². The second-order valence-electron chi connectivity index (χ2n) is 4.96. The molecule has 1 aromatic heterocycles. The summed E-state index contributed by atoms with van der Waals surface area (Å²) in [7, 11) is 4.07. The minimum atomic E-state index is -0.160. The van der Waals surface area contributed by atoms with Crippen LogP contribution in [0.5, 0.6) is 0 Å². The topological polar surface area (TPSA) is 41.3 Å². The minimum Gasteiger partial charge on any atom is -0.392 e. The third-order valence-electron chi connectivity index (χ3n) is 3.76. The molecule has 0 spiro atoms. The predicted octanol–water partition coefficient (Wildman–Crippen LogP) is 0.644. The first kappa shape index (κ1) is 11.6. The molecule has 1 aliphatic heterocycles. The van der Waals surface area contributed by atoms with Crippen LogP contribution in [0.25, 0.3) is 0 Å². The molecule has 0 amide bonds. The van der Waals surface area contributed by atoms with E-state index in [-0.39, 0.29) is 6.10 Å². The lowest BCUT2D eigenvalue weighted by Gasteiger charge is -2.18. The van der Waals surface area contributed by atoms with E-state index in [4.69, 9.17) is 0 Å². The van der Waals surface area contributed by atoms with Crippen molar-refractivity contribution < 1.29 is 5.11 Å². The van der Waals surface area contributed by atoms with Gasteiger partial charge in [-0.2, -0.15) is 5.10 Å². The van der Waals surface area contributed by atoms with Crippen molar-refractivity contribution in [3.63, 3.8) is 0 Å². The zero-order chi connectivity index (χ0) is 11.9. The molecule has 1 fully saturated rings. The summed E-state index contributed by atoms with van der Waals surface area (Å²) >= 11 is 0. The molecule has 1 saturated heterocycles. The largest absolute Gasteiger partial charge is 0.392 e. The van der Waals surface area contributed by atoms with Crippen molar-refractivity contribution in [1.29, 1.82) is 0 Å². The molecule has 0 bridgehead atoms. The Morgan fingerprint density at radius 1 is 1.38 bits per heavy atom. The van der Waals surface area contributed by atoms with E-state index in [1.54, 1.807) is 0 Å². The molecule has 0 unspecified atom stereocenters. The van der Waals surface area contributed by atoms with Gasteiger partial charge in [-0.25, -0.2) is 0 Å². The smallest absolute Gasteiger partial charge is 0.0682 e. The third kappa shape index (κ3) is 1.99. The molecule has 1 aliphatic rings. The maximum atomic E-state index is 9.63. The average molecular weight is 223 g/mol. The lowest BCUT2D eigenvalue weighted by atomic mass is 10.0. The van der Waals surface area contributed by atoms with Gasteiger partial charge in [0.15, 0.2) is 0 Å². The lowest BCUT2D eigenvalue weighted by molar-refractivity contribution is 0.182. The first-order chi connectivity index (χ1) is 7.49. The SMILES string of the molecule is Cc1nn(C)c(C)c1C[C@H]1C[C@H](O)CN1C. The number of likely N-dealkylation sites (N-methyl/N-ethyl adjacent to an activating group) is 1. The number of rotatable bonds is 2. The number of aromatic nitrogens is 2. The van der Waals surface area contributed by atoms with Crippen LogP contribution in [0.4, 0.5) is 0 Å². The molecule has 4 heteroatoms. The molecule has 2 heterocycles. The molecule has 1 N–H and O–H groups in total. The van der Waals surface area contributed by atoms with E-state index in [2.05, 4.69) is 30.9 Å². The number of likely N-dealkylation sites (tertiary alicyclic amines) is 1. The number of aliphatic hydroxyl groups excluding tert-OH is 1. The van der Waals surface area contributed by atoms with Crippen molar-refractivity contribution in [1.82, 2.24) is 14.7 Å². The van der Waals surface area contributed by atoms with Crippen LogP contribution in [0.1, 0.15) is 23.4 Å². The van der Waals surface area contributed by atoms with Crippen LogP contribution in [0, 0.1) is 13.8 Å². The van der Waals surface area contributed by atoms with E-state index in [1.807, 2.05) is 11.7 Å². The molecule has 2 atom stereocenters. The summed E-state index contributed by atoms with van der Waals surface area (Å²) in [5.41, 5.74) is 3.70. The Kier molecular flexibility index (Phi) is 3.04. The highest BCUT2D eigenvalue weighted by Gasteiger charge is 2.29. The molecule has 0 radical (unpaired) electrons. The zero-order valence-corrected chi connectivity index (χ0v) is 10.6. The average Bonchev–Trinajstić information content (AvgIpc) is 2.62. The Labute approximate surface area is 96.9 Å². The second-order valence-corrected chi connectivity index (χ2v) is 4.96. The van der Waals surface area contributed by atoms with Gasteiger partial charge < -0.3 is 10.0 Å². The van der Waals surface area contributed by atoms with E-state index in [1.165, 1.54) is 11.3 Å². The van der Waals surface area contributed by atoms with Crippen LogP contribution in [-0.2, 0) is 13.5 Å². The number of nitrogens with zero attached hydrogens (tertiary/aromatic N) is 3. The van der Waals surface area contributed by atoms with Crippen molar-refractivity contribution in [2.75, 3.05) is 13.6 Å². The highest BCUT2D eigenvalue weighted by Crippen LogP contribution is 2.22. The molecule has 1 aromatic rings. The van der Waals surface area contributed by atoms with Gasteiger partial charge in [0.05, 0.1) is 11.8 Å². The van der Waals surface area contributed by atoms with Gasteiger partial charge in [-0.1, -0.05) is 0 Å². The van der Waals surface area contributed by atoms with Crippen LogP contribution in [0.15, 0.2) is 0 Å². The zero-order valence-electron chi connectivity index (χ0n) is 10.6. The Balaban J connectivity index is 2.15. The second kappa shape index (κ2) is 4.18. The Morgan fingerprint density at radius 3 is 2.50 bits per heavy atom. The fraction of sp³-hybridized carbons (Fsp3) is 0.750. The van der Waals surface area contributed by atoms with E-state index in [9.17, 15) is 5.11 Å². The van der Waals surface area contributed by atoms with Gasteiger partial charge in [0.25, 0.3) is 0 Å². The molecule has 2 rings (SSSR count). The van der Waals surface area contributed by atoms with E-state index in [0.717, 1.165) is 25.1 Å². The molecule has 0 aliphatic carbocycles. The summed E-state index contributed by atoms with van der Waals surface area (Å²) in [6.45, 7) is 4.97. The summed E-state index contributed by atoms with van der Waals surface area (Å²) in [5, 5.41) is 14.1. The summed E-state index contributed by atoms with van der Waals surface area (Å²) in [6, 6.07) is 0.455. The molecule has 0 aromatic carbocycles. The molecule has 16 heavy (non-hydrogen) atoms. The van der Waals surface area contributed by atoms with Crippen LogP contribution < -0.4 is 0 Å². The highest BCUT2D eigenvalue weighted by atomic mass is 16.3. The van der Waals surface area contributed by atoms with Gasteiger partial charge in [0.2, 0.25) is 0 Å². The van der Waals surface area contributed by atoms with Crippen LogP contribution in [0.3, 0.4) is 0 Å². The minimum absolute atomic E-state index is 0.160. The van der Waals surface area contributed by atoms with E-state index < -0.39 is 0 Å². The molecule has 90 valence electrons. The van der Waals surface area contributed by atoms with Crippen molar-refractivity contribution in [3.05, 3.63) is 17.0 Å². The van der Waals surface area contributed by atoms with Gasteiger partial charge >= 0.3 is 0 Å². The first-order valence-corrected chi connectivity index (χ1v) is 5.86. The third-order valence-corrected chi connectivity index (χ3v) is 3.76. The quantitative estimate of drug-likeness (QED) is 0.800. The monoisotopic (exact) mass is 223 g/mol. The standard InChI is InChI=1S/C12H21N3O/c1-8-12(9(2)15(4)13-8)6-10-5-11(16)7-14(10)3/h10-11,16H,5-7H2,1-4H3/t10-,11+/m1/s1. The fourth-order valence-electron chi connectivity index (χ4n) is 2.64. The van der Waals surface area contributed by atoms with E-state index in [0.29, 0.717) is 6.04 Å². The molecule has 4 nitrogen and oxygen atoms in total. The van der Waals surface area contributed by atoms with Crippen LogP contribution in [-0.4, -0.2) is 45.5 Å². The highest BCUT2D eigenvalue weighted by molar-refractivity contribution is 5.25. The summed E-state index contributed by atoms with van der Waals surface area (Å²) in [5.74, 6) is 0. The molecular weight excluding hydrogens is 202 g/mol. The number of aliphatic hydroxyl groups is 1. The van der Waals surface area contributed by atoms with Crippen molar-refractivity contribution in [2.45, 2.75) is 38.8 Å². The maximum absolute atomic E-state index is 9.63. The number of hydrogen-bond acceptors (Lipinski definition) is 3. The van der Waals surface area contributed by atoms with E-state index >= 15 is 0 Å². The maximum Gasteiger partial charge on any atom is 0.0682 e. The molecule has 0 saturated carbocycles. The van der Waals surface area contributed by atoms with Crippen LogP contribution in [0.2, 0.25) is 0 Å². The Bertz CT molecular complexity index is 386. The lowest BCUT2D eigenvalue weighted by Crippen LogP contribution is -2.27. The van der Waals surface area contributed by atoms with Gasteiger partial charge in [-0.15, -0.1) is 0 Å². The van der Waals surface area contributed by atoms with Gasteiger partial charge in [0, 0.05) is 25.3 Å². The fourth-order valence-corrected chi connectivity index (χ4v) is 2.64. The first-order valence-electron chi connectivity index (χ1n) is 5.86. The number of hydrogen-bond donors (Lipinski definition) is 1. The van der Waals surface area contributed by atoms with Gasteiger partial charge in [-0.3, -0.25) is 4.68 Å². The normalized spacial score (nSPS) is 26.6. The number of aryl methyl sites for hydroxylation is 2.